The molecule has 0 saturated carbocycles. The summed E-state index contributed by atoms with van der Waals surface area (Å²) in [5.41, 5.74) is 4.42. The van der Waals surface area contributed by atoms with Crippen molar-refractivity contribution in [3.8, 4) is 0 Å². The molecule has 0 heteroatoms. The number of aryl methyl sites for hydroxylation is 2. The summed E-state index contributed by atoms with van der Waals surface area (Å²) >= 11 is 0. The van der Waals surface area contributed by atoms with E-state index in [1.807, 2.05) is 0 Å². The fourth-order valence-electron chi connectivity index (χ4n) is 2.31. The van der Waals surface area contributed by atoms with Crippen LogP contribution in [-0.4, -0.2) is 0 Å². The molecular weight excluding hydrogens is 192 g/mol. The van der Waals surface area contributed by atoms with Crippen LogP contribution in [0.4, 0.5) is 0 Å². The molecule has 0 bridgehead atoms. The second-order valence-corrected chi connectivity index (χ2v) is 4.64. The van der Waals surface area contributed by atoms with Gasteiger partial charge in [0, 0.05) is 0 Å². The topological polar surface area (TPSA) is 0 Å². The lowest BCUT2D eigenvalue weighted by atomic mass is 9.95. The molecule has 1 rings (SSSR count). The molecule has 1 aromatic carbocycles. The highest BCUT2D eigenvalue weighted by atomic mass is 14.1. The number of benzene rings is 1. The lowest BCUT2D eigenvalue weighted by molar-refractivity contribution is 0.630. The summed E-state index contributed by atoms with van der Waals surface area (Å²) in [7, 11) is 0. The van der Waals surface area contributed by atoms with Gasteiger partial charge in [0.05, 0.1) is 0 Å². The summed E-state index contributed by atoms with van der Waals surface area (Å²) in [6, 6.07) is 7.68. The average Bonchev–Trinajstić information content (AvgIpc) is 2.29. The predicted octanol–water partition coefficient (Wildman–Crippen LogP) is 4.87. The summed E-state index contributed by atoms with van der Waals surface area (Å²) in [5.74, 6) is 0. The molecule has 89 valence electrons. The van der Waals surface area contributed by atoms with E-state index >= 15 is 0 Å². The Morgan fingerprint density at radius 1 is 1.06 bits per heavy atom. The third kappa shape index (κ3) is 4.00. The van der Waals surface area contributed by atoms with Crippen molar-refractivity contribution in [2.45, 2.75) is 65.7 Å². The van der Waals surface area contributed by atoms with Gasteiger partial charge in [-0.05, 0) is 48.9 Å². The van der Waals surface area contributed by atoms with Crippen LogP contribution in [0.3, 0.4) is 0 Å². The fraction of sp³-hybridized carbons (Fsp3) is 0.625. The summed E-state index contributed by atoms with van der Waals surface area (Å²) in [5, 5.41) is 0. The van der Waals surface area contributed by atoms with Crippen molar-refractivity contribution in [3.05, 3.63) is 34.9 Å². The molecule has 0 fully saturated rings. The summed E-state index contributed by atoms with van der Waals surface area (Å²) in [4.78, 5) is 0. The average molecular weight is 217 g/mol. The molecule has 1 aromatic rings. The first-order chi connectivity index (χ1) is 7.79. The van der Waals surface area contributed by atoms with Crippen LogP contribution in [0, 0.1) is 13.0 Å². The van der Waals surface area contributed by atoms with Gasteiger partial charge in [-0.3, -0.25) is 0 Å². The SMILES string of the molecule is CCCCCCCc1[c]ccc(C)c1CC. The molecule has 16 heavy (non-hydrogen) atoms. The Bertz CT molecular complexity index is 299. The van der Waals surface area contributed by atoms with Gasteiger partial charge < -0.3 is 0 Å². The largest absolute Gasteiger partial charge is 0.0654 e. The third-order valence-electron chi connectivity index (χ3n) is 3.32. The molecule has 0 unspecified atom stereocenters. The first-order valence-corrected chi connectivity index (χ1v) is 6.78. The Hall–Kier alpha value is -0.780. The first kappa shape index (κ1) is 13.3. The maximum atomic E-state index is 3.42. The molecule has 0 heterocycles. The molecule has 0 aliphatic carbocycles. The minimum Gasteiger partial charge on any atom is -0.0654 e. The summed E-state index contributed by atoms with van der Waals surface area (Å²) in [6.45, 7) is 6.73. The van der Waals surface area contributed by atoms with E-state index in [1.165, 1.54) is 55.2 Å². The fourth-order valence-corrected chi connectivity index (χ4v) is 2.31. The summed E-state index contributed by atoms with van der Waals surface area (Å²) < 4.78 is 0. The van der Waals surface area contributed by atoms with Gasteiger partial charge >= 0.3 is 0 Å². The number of unbranched alkanes of at least 4 members (excludes halogenated alkanes) is 4. The predicted molar refractivity (Wildman–Crippen MR) is 71.9 cm³/mol. The van der Waals surface area contributed by atoms with Crippen molar-refractivity contribution < 1.29 is 0 Å². The smallest absolute Gasteiger partial charge is 0.0146 e. The van der Waals surface area contributed by atoms with Crippen LogP contribution in [0.25, 0.3) is 0 Å². The molecule has 0 aliphatic rings. The van der Waals surface area contributed by atoms with E-state index in [9.17, 15) is 0 Å². The summed E-state index contributed by atoms with van der Waals surface area (Å²) in [6.07, 6.45) is 9.17. The van der Waals surface area contributed by atoms with Gasteiger partial charge in [-0.25, -0.2) is 0 Å². The Morgan fingerprint density at radius 3 is 2.50 bits per heavy atom. The normalized spacial score (nSPS) is 10.7. The Morgan fingerprint density at radius 2 is 1.81 bits per heavy atom. The van der Waals surface area contributed by atoms with Crippen molar-refractivity contribution in [3.63, 3.8) is 0 Å². The minimum atomic E-state index is 1.15. The van der Waals surface area contributed by atoms with E-state index in [1.54, 1.807) is 0 Å². The molecule has 0 amide bonds. The van der Waals surface area contributed by atoms with Crippen molar-refractivity contribution in [1.82, 2.24) is 0 Å². The zero-order valence-corrected chi connectivity index (χ0v) is 11.1. The van der Waals surface area contributed by atoms with E-state index in [2.05, 4.69) is 39.0 Å². The van der Waals surface area contributed by atoms with Crippen molar-refractivity contribution in [1.29, 1.82) is 0 Å². The van der Waals surface area contributed by atoms with Gasteiger partial charge in [0.1, 0.15) is 0 Å². The van der Waals surface area contributed by atoms with Crippen LogP contribution in [0.1, 0.15) is 62.6 Å². The maximum Gasteiger partial charge on any atom is -0.0146 e. The van der Waals surface area contributed by atoms with Gasteiger partial charge in [0.25, 0.3) is 0 Å². The van der Waals surface area contributed by atoms with E-state index < -0.39 is 0 Å². The van der Waals surface area contributed by atoms with Crippen LogP contribution in [0.5, 0.6) is 0 Å². The highest BCUT2D eigenvalue weighted by Gasteiger charge is 2.03. The minimum absolute atomic E-state index is 1.15. The van der Waals surface area contributed by atoms with Gasteiger partial charge in [-0.1, -0.05) is 51.7 Å². The van der Waals surface area contributed by atoms with Crippen LogP contribution < -0.4 is 0 Å². The van der Waals surface area contributed by atoms with E-state index in [-0.39, 0.29) is 0 Å². The van der Waals surface area contributed by atoms with Gasteiger partial charge in [0.15, 0.2) is 0 Å². The lowest BCUT2D eigenvalue weighted by Gasteiger charge is -2.10. The van der Waals surface area contributed by atoms with Crippen LogP contribution in [-0.2, 0) is 12.8 Å². The van der Waals surface area contributed by atoms with E-state index in [0.29, 0.717) is 0 Å². The van der Waals surface area contributed by atoms with E-state index in [0.717, 1.165) is 6.42 Å². The second kappa shape index (κ2) is 7.49. The standard InChI is InChI=1S/C16H25/c1-4-6-7-8-9-12-15-13-10-11-14(3)16(15)5-2/h10-11H,4-9,12H2,1-3H3. The Kier molecular flexibility index (Phi) is 6.22. The van der Waals surface area contributed by atoms with Crippen LogP contribution in [0.2, 0.25) is 0 Å². The van der Waals surface area contributed by atoms with Crippen molar-refractivity contribution in [2.75, 3.05) is 0 Å². The monoisotopic (exact) mass is 217 g/mol. The second-order valence-electron chi connectivity index (χ2n) is 4.64. The quantitative estimate of drug-likeness (QED) is 0.572. The molecule has 0 aromatic heterocycles. The van der Waals surface area contributed by atoms with Gasteiger partial charge in [-0.2, -0.15) is 0 Å². The van der Waals surface area contributed by atoms with E-state index in [4.69, 9.17) is 0 Å². The first-order valence-electron chi connectivity index (χ1n) is 6.78. The highest BCUT2D eigenvalue weighted by Crippen LogP contribution is 2.17. The Balaban J connectivity index is 2.44. The van der Waals surface area contributed by atoms with Gasteiger partial charge in [-0.15, -0.1) is 0 Å². The number of rotatable bonds is 7. The molecule has 0 saturated heterocycles. The Labute approximate surface area is 101 Å². The number of hydrogen-bond acceptors (Lipinski definition) is 0. The zero-order chi connectivity index (χ0) is 11.8. The maximum absolute atomic E-state index is 3.42. The molecule has 0 aliphatic heterocycles. The van der Waals surface area contributed by atoms with Crippen molar-refractivity contribution >= 4 is 0 Å². The van der Waals surface area contributed by atoms with Crippen molar-refractivity contribution in [2.24, 2.45) is 0 Å². The van der Waals surface area contributed by atoms with Crippen LogP contribution >= 0.6 is 0 Å². The van der Waals surface area contributed by atoms with Crippen LogP contribution in [0.15, 0.2) is 12.1 Å². The molecular formula is C16H25. The third-order valence-corrected chi connectivity index (χ3v) is 3.32. The molecule has 0 nitrogen and oxygen atoms in total. The molecule has 0 atom stereocenters. The number of hydrogen-bond donors (Lipinski definition) is 0. The van der Waals surface area contributed by atoms with Gasteiger partial charge in [0.2, 0.25) is 0 Å². The molecule has 0 N–H and O–H groups in total. The molecule has 0 spiro atoms. The lowest BCUT2D eigenvalue weighted by Crippen LogP contribution is -1.96. The highest BCUT2D eigenvalue weighted by molar-refractivity contribution is 5.33. The molecule has 1 radical (unpaired) electrons. The zero-order valence-electron chi connectivity index (χ0n) is 11.1.